The van der Waals surface area contributed by atoms with Crippen molar-refractivity contribution in [3.63, 3.8) is 0 Å². The van der Waals surface area contributed by atoms with Crippen LogP contribution in [-0.4, -0.2) is 47.9 Å². The second-order valence-electron chi connectivity index (χ2n) is 7.83. The van der Waals surface area contributed by atoms with Crippen molar-refractivity contribution in [2.45, 2.75) is 46.2 Å². The first-order valence-electron chi connectivity index (χ1n) is 10.8. The summed E-state index contributed by atoms with van der Waals surface area (Å²) in [5.74, 6) is 1.67. The molecule has 0 radical (unpaired) electrons. The molecule has 0 saturated heterocycles. The van der Waals surface area contributed by atoms with Gasteiger partial charge >= 0.3 is 0 Å². The average Bonchev–Trinajstić information content (AvgIpc) is 3.52. The number of aryl methyl sites for hydroxylation is 1. The fourth-order valence-corrected chi connectivity index (χ4v) is 3.42. The molecular formula is C24H32N2O4. The summed E-state index contributed by atoms with van der Waals surface area (Å²) in [6.45, 7) is 6.58. The maximum atomic E-state index is 13.3. The summed E-state index contributed by atoms with van der Waals surface area (Å²) in [4.78, 5) is 29.5. The lowest BCUT2D eigenvalue weighted by Crippen LogP contribution is -2.43. The van der Waals surface area contributed by atoms with Gasteiger partial charge in [0.2, 0.25) is 11.8 Å². The van der Waals surface area contributed by atoms with Crippen molar-refractivity contribution in [3.8, 4) is 0 Å². The molecule has 1 fully saturated rings. The number of hydrogen-bond donors (Lipinski definition) is 0. The topological polar surface area (TPSA) is 63.0 Å². The number of rotatable bonds is 12. The van der Waals surface area contributed by atoms with Gasteiger partial charge in [0.25, 0.3) is 0 Å². The molecule has 1 aliphatic carbocycles. The maximum absolute atomic E-state index is 13.3. The first-order valence-corrected chi connectivity index (χ1v) is 10.8. The highest BCUT2D eigenvalue weighted by molar-refractivity contribution is 5.87. The van der Waals surface area contributed by atoms with Crippen LogP contribution in [-0.2, 0) is 27.4 Å². The van der Waals surface area contributed by atoms with Crippen LogP contribution in [0.5, 0.6) is 0 Å². The lowest BCUT2D eigenvalue weighted by atomic mass is 10.2. The van der Waals surface area contributed by atoms with Gasteiger partial charge in [0.05, 0.1) is 13.1 Å². The van der Waals surface area contributed by atoms with Gasteiger partial charge in [-0.2, -0.15) is 0 Å². The van der Waals surface area contributed by atoms with Crippen LogP contribution < -0.4 is 0 Å². The summed E-state index contributed by atoms with van der Waals surface area (Å²) >= 11 is 0. The predicted octanol–water partition coefficient (Wildman–Crippen LogP) is 3.78. The Hall–Kier alpha value is -2.60. The molecule has 1 aliphatic rings. The van der Waals surface area contributed by atoms with E-state index in [0.29, 0.717) is 32.8 Å². The van der Waals surface area contributed by atoms with E-state index in [-0.39, 0.29) is 24.3 Å². The molecule has 0 atom stereocenters. The fourth-order valence-electron chi connectivity index (χ4n) is 3.42. The van der Waals surface area contributed by atoms with Crippen LogP contribution in [0.15, 0.2) is 46.9 Å². The lowest BCUT2D eigenvalue weighted by Gasteiger charge is -2.27. The van der Waals surface area contributed by atoms with Gasteiger partial charge in [0, 0.05) is 32.2 Å². The summed E-state index contributed by atoms with van der Waals surface area (Å²) in [6.07, 6.45) is 2.58. The molecule has 6 heteroatoms. The maximum Gasteiger partial charge on any atom is 0.242 e. The highest BCUT2D eigenvalue weighted by Gasteiger charge is 2.34. The van der Waals surface area contributed by atoms with Crippen LogP contribution in [0.2, 0.25) is 0 Å². The zero-order valence-electron chi connectivity index (χ0n) is 18.0. The Morgan fingerprint density at radius 3 is 2.47 bits per heavy atom. The third kappa shape index (κ3) is 6.73. The molecule has 6 nitrogen and oxygen atoms in total. The molecule has 3 rings (SSSR count). The van der Waals surface area contributed by atoms with Gasteiger partial charge in [-0.05, 0) is 50.8 Å². The van der Waals surface area contributed by atoms with E-state index in [2.05, 4.69) is 0 Å². The fraction of sp³-hybridized carbons (Fsp3) is 0.500. The minimum absolute atomic E-state index is 0.0710. The normalized spacial score (nSPS) is 13.3. The van der Waals surface area contributed by atoms with E-state index in [1.807, 2.05) is 56.3 Å². The Morgan fingerprint density at radius 1 is 1.07 bits per heavy atom. The molecule has 0 unspecified atom stereocenters. The molecule has 1 aromatic carbocycles. The van der Waals surface area contributed by atoms with E-state index in [1.54, 1.807) is 9.80 Å². The van der Waals surface area contributed by atoms with Crippen molar-refractivity contribution in [3.05, 3.63) is 59.5 Å². The van der Waals surface area contributed by atoms with E-state index in [1.165, 1.54) is 0 Å². The molecular weight excluding hydrogens is 380 g/mol. The van der Waals surface area contributed by atoms with Gasteiger partial charge in [0.1, 0.15) is 11.5 Å². The van der Waals surface area contributed by atoms with Gasteiger partial charge in [0.15, 0.2) is 0 Å². The van der Waals surface area contributed by atoms with E-state index in [4.69, 9.17) is 9.15 Å². The lowest BCUT2D eigenvalue weighted by molar-refractivity contribution is -0.142. The van der Waals surface area contributed by atoms with E-state index < -0.39 is 0 Å². The molecule has 30 heavy (non-hydrogen) atoms. The highest BCUT2D eigenvalue weighted by atomic mass is 16.5. The Balaban J connectivity index is 1.69. The largest absolute Gasteiger partial charge is 0.464 e. The van der Waals surface area contributed by atoms with Crippen molar-refractivity contribution in [2.75, 3.05) is 26.3 Å². The molecule has 1 saturated carbocycles. The number of nitrogens with zero attached hydrogens (tertiary/aromatic N) is 2. The highest BCUT2D eigenvalue weighted by Crippen LogP contribution is 2.31. The summed E-state index contributed by atoms with van der Waals surface area (Å²) in [5, 5.41) is 0. The monoisotopic (exact) mass is 412 g/mol. The van der Waals surface area contributed by atoms with Gasteiger partial charge in [-0.3, -0.25) is 9.59 Å². The molecule has 162 valence electrons. The number of carbonyl (C=O) groups is 2. The summed E-state index contributed by atoms with van der Waals surface area (Å²) in [7, 11) is 0. The first-order chi connectivity index (χ1) is 14.6. The number of benzene rings is 1. The minimum atomic E-state index is -0.0710. The second kappa shape index (κ2) is 11.0. The number of furan rings is 1. The molecule has 1 aromatic heterocycles. The summed E-state index contributed by atoms with van der Waals surface area (Å²) in [5.41, 5.74) is 1.05. The molecule has 2 amide bonds. The molecule has 0 aliphatic heterocycles. The quantitative estimate of drug-likeness (QED) is 0.498. The van der Waals surface area contributed by atoms with Crippen LogP contribution >= 0.6 is 0 Å². The van der Waals surface area contributed by atoms with E-state index >= 15 is 0 Å². The van der Waals surface area contributed by atoms with Gasteiger partial charge in [-0.25, -0.2) is 0 Å². The van der Waals surface area contributed by atoms with Crippen LogP contribution in [0.4, 0.5) is 0 Å². The number of amides is 2. The number of carbonyl (C=O) groups excluding carboxylic acids is 2. The number of hydrogen-bond acceptors (Lipinski definition) is 4. The van der Waals surface area contributed by atoms with Gasteiger partial charge < -0.3 is 19.0 Å². The SMILES string of the molecule is CCOCCCN(CC(=O)N(Cc1ccccc1)Cc1ccc(C)o1)C(=O)C1CC1. The van der Waals surface area contributed by atoms with Gasteiger partial charge in [-0.15, -0.1) is 0 Å². The van der Waals surface area contributed by atoms with Crippen molar-refractivity contribution >= 4 is 11.8 Å². The Labute approximate surface area is 178 Å². The standard InChI is InChI=1S/C24H32N2O4/c1-3-29-15-7-14-25(24(28)21-11-12-21)18-23(27)26(16-20-8-5-4-6-9-20)17-22-13-10-19(2)30-22/h4-6,8-10,13,21H,3,7,11-12,14-18H2,1-2H3. The predicted molar refractivity (Wildman–Crippen MR) is 115 cm³/mol. The minimum Gasteiger partial charge on any atom is -0.464 e. The van der Waals surface area contributed by atoms with E-state index in [9.17, 15) is 9.59 Å². The van der Waals surface area contributed by atoms with Crippen molar-refractivity contribution in [1.82, 2.24) is 9.80 Å². The van der Waals surface area contributed by atoms with Crippen LogP contribution in [0.1, 0.15) is 43.3 Å². The van der Waals surface area contributed by atoms with Crippen molar-refractivity contribution in [2.24, 2.45) is 5.92 Å². The number of ether oxygens (including phenoxy) is 1. The van der Waals surface area contributed by atoms with Crippen LogP contribution in [0, 0.1) is 12.8 Å². The Morgan fingerprint density at radius 2 is 1.83 bits per heavy atom. The third-order valence-electron chi connectivity index (χ3n) is 5.20. The molecule has 0 bridgehead atoms. The zero-order chi connectivity index (χ0) is 21.3. The van der Waals surface area contributed by atoms with Crippen molar-refractivity contribution < 1.29 is 18.7 Å². The van der Waals surface area contributed by atoms with Crippen LogP contribution in [0.3, 0.4) is 0 Å². The van der Waals surface area contributed by atoms with E-state index in [0.717, 1.165) is 36.3 Å². The molecule has 0 N–H and O–H groups in total. The van der Waals surface area contributed by atoms with Crippen LogP contribution in [0.25, 0.3) is 0 Å². The Bertz CT molecular complexity index is 814. The zero-order valence-corrected chi connectivity index (χ0v) is 18.0. The Kier molecular flexibility index (Phi) is 8.08. The average molecular weight is 413 g/mol. The van der Waals surface area contributed by atoms with Crippen molar-refractivity contribution in [1.29, 1.82) is 0 Å². The summed E-state index contributed by atoms with van der Waals surface area (Å²) < 4.78 is 11.1. The summed E-state index contributed by atoms with van der Waals surface area (Å²) in [6, 6.07) is 13.7. The molecule has 2 aromatic rings. The smallest absolute Gasteiger partial charge is 0.242 e. The molecule has 0 spiro atoms. The van der Waals surface area contributed by atoms with Gasteiger partial charge in [-0.1, -0.05) is 30.3 Å². The first kappa shape index (κ1) is 22.1. The molecule has 1 heterocycles. The second-order valence-corrected chi connectivity index (χ2v) is 7.83. The third-order valence-corrected chi connectivity index (χ3v) is 5.20.